The Hall–Kier alpha value is -2.51. The molecular weight excluding hydrogens is 385 g/mol. The summed E-state index contributed by atoms with van der Waals surface area (Å²) in [6.45, 7) is 1.57. The van der Waals surface area contributed by atoms with Gasteiger partial charge in [-0.05, 0) is 53.4 Å². The molecule has 1 N–H and O–H groups in total. The lowest BCUT2D eigenvalue weighted by molar-refractivity contribution is 0.0943. The fourth-order valence-corrected chi connectivity index (χ4v) is 4.31. The van der Waals surface area contributed by atoms with E-state index in [2.05, 4.69) is 5.32 Å². The Bertz CT molecular complexity index is 1010. The van der Waals surface area contributed by atoms with E-state index in [4.69, 9.17) is 0 Å². The number of halogens is 1. The maximum absolute atomic E-state index is 13.2. The van der Waals surface area contributed by atoms with Crippen LogP contribution in [0.25, 0.3) is 0 Å². The lowest BCUT2D eigenvalue weighted by atomic mass is 10.0. The van der Waals surface area contributed by atoms with Gasteiger partial charge in [-0.1, -0.05) is 25.1 Å². The minimum absolute atomic E-state index is 0.00353. The van der Waals surface area contributed by atoms with Gasteiger partial charge in [-0.15, -0.1) is 11.3 Å². The molecule has 4 nitrogen and oxygen atoms in total. The fraction of sp³-hybridized carbons (Fsp3) is 0.150. The van der Waals surface area contributed by atoms with Gasteiger partial charge in [0.1, 0.15) is 5.82 Å². The number of rotatable bonds is 6. The monoisotopic (exact) mass is 403 g/mol. The number of hydrogen-bond acceptors (Lipinski definition) is 4. The first-order valence-electron chi connectivity index (χ1n) is 8.33. The van der Waals surface area contributed by atoms with Crippen LogP contribution in [0.4, 0.5) is 4.39 Å². The van der Waals surface area contributed by atoms with Crippen LogP contribution in [0.2, 0.25) is 0 Å². The first-order chi connectivity index (χ1) is 12.9. The highest BCUT2D eigenvalue weighted by Gasteiger charge is 2.19. The molecule has 0 aliphatic rings. The van der Waals surface area contributed by atoms with Crippen LogP contribution in [0.5, 0.6) is 0 Å². The Balaban J connectivity index is 1.86. The van der Waals surface area contributed by atoms with Crippen molar-refractivity contribution in [3.05, 3.63) is 87.9 Å². The van der Waals surface area contributed by atoms with Crippen LogP contribution in [0.3, 0.4) is 0 Å². The standard InChI is InChI=1S/C20H18FNO3S2/c1-2-27(24,25)17-11-7-15(8-12-17)20(23)22-19(18-4-3-13-26-18)14-5-9-16(21)10-6-14/h3-13,19H,2H2,1H3,(H,22,23). The molecule has 2 aromatic carbocycles. The van der Waals surface area contributed by atoms with Gasteiger partial charge in [-0.25, -0.2) is 12.8 Å². The molecule has 3 rings (SSSR count). The predicted molar refractivity (Wildman–Crippen MR) is 104 cm³/mol. The van der Waals surface area contributed by atoms with E-state index in [1.165, 1.54) is 47.7 Å². The van der Waals surface area contributed by atoms with Crippen LogP contribution in [0.15, 0.2) is 70.9 Å². The smallest absolute Gasteiger partial charge is 0.252 e. The first-order valence-corrected chi connectivity index (χ1v) is 10.9. The van der Waals surface area contributed by atoms with E-state index in [-0.39, 0.29) is 22.4 Å². The molecule has 0 saturated carbocycles. The quantitative estimate of drug-likeness (QED) is 0.671. The minimum atomic E-state index is -3.31. The van der Waals surface area contributed by atoms with Crippen molar-refractivity contribution in [1.82, 2.24) is 5.32 Å². The largest absolute Gasteiger partial charge is 0.340 e. The molecule has 0 bridgehead atoms. The zero-order valence-corrected chi connectivity index (χ0v) is 16.2. The number of amides is 1. The molecule has 27 heavy (non-hydrogen) atoms. The van der Waals surface area contributed by atoms with Crippen LogP contribution in [0.1, 0.15) is 33.8 Å². The van der Waals surface area contributed by atoms with Crippen LogP contribution >= 0.6 is 11.3 Å². The van der Waals surface area contributed by atoms with Gasteiger partial charge >= 0.3 is 0 Å². The summed E-state index contributed by atoms with van der Waals surface area (Å²) in [5.41, 5.74) is 1.12. The normalized spacial score (nSPS) is 12.5. The van der Waals surface area contributed by atoms with Gasteiger partial charge in [0.05, 0.1) is 16.7 Å². The lowest BCUT2D eigenvalue weighted by Gasteiger charge is -2.18. The second-order valence-corrected chi connectivity index (χ2v) is 9.16. The maximum Gasteiger partial charge on any atom is 0.252 e. The SMILES string of the molecule is CCS(=O)(=O)c1ccc(C(=O)NC(c2ccc(F)cc2)c2cccs2)cc1. The molecule has 1 amide bonds. The molecule has 1 heterocycles. The number of sulfone groups is 1. The summed E-state index contributed by atoms with van der Waals surface area (Å²) in [5.74, 6) is -0.676. The highest BCUT2D eigenvalue weighted by atomic mass is 32.2. The summed E-state index contributed by atoms with van der Waals surface area (Å²) in [6.07, 6.45) is 0. The second kappa shape index (κ2) is 8.02. The fourth-order valence-electron chi connectivity index (χ4n) is 2.62. The first kappa shape index (κ1) is 19.3. The van der Waals surface area contributed by atoms with Crippen molar-refractivity contribution in [3.63, 3.8) is 0 Å². The Morgan fingerprint density at radius 3 is 2.30 bits per heavy atom. The van der Waals surface area contributed by atoms with Gasteiger partial charge in [0.25, 0.3) is 5.91 Å². The van der Waals surface area contributed by atoms with E-state index < -0.39 is 15.9 Å². The summed E-state index contributed by atoms with van der Waals surface area (Å²) >= 11 is 1.49. The Labute approximate surface area is 161 Å². The van der Waals surface area contributed by atoms with E-state index in [9.17, 15) is 17.6 Å². The van der Waals surface area contributed by atoms with Crippen LogP contribution < -0.4 is 5.32 Å². The lowest BCUT2D eigenvalue weighted by Crippen LogP contribution is -2.28. The Morgan fingerprint density at radius 1 is 1.07 bits per heavy atom. The number of benzene rings is 2. The number of thiophene rings is 1. The summed E-state index contributed by atoms with van der Waals surface area (Å²) in [5, 5.41) is 4.85. The van der Waals surface area contributed by atoms with Gasteiger partial charge in [0.2, 0.25) is 0 Å². The molecule has 140 valence electrons. The summed E-state index contributed by atoms with van der Waals surface area (Å²) in [6, 6.07) is 15.2. The van der Waals surface area contributed by atoms with Crippen molar-refractivity contribution in [1.29, 1.82) is 0 Å². The van der Waals surface area contributed by atoms with Gasteiger partial charge in [0, 0.05) is 10.4 Å². The average Bonchev–Trinajstić information content (AvgIpc) is 3.21. The third-order valence-corrected chi connectivity index (χ3v) is 6.85. The number of nitrogens with one attached hydrogen (secondary N) is 1. The maximum atomic E-state index is 13.2. The highest BCUT2D eigenvalue weighted by Crippen LogP contribution is 2.27. The highest BCUT2D eigenvalue weighted by molar-refractivity contribution is 7.91. The van der Waals surface area contributed by atoms with Crippen LogP contribution in [-0.4, -0.2) is 20.1 Å². The zero-order chi connectivity index (χ0) is 19.4. The van der Waals surface area contributed by atoms with Gasteiger partial charge in [0.15, 0.2) is 9.84 Å². The van der Waals surface area contributed by atoms with Crippen molar-refractivity contribution in [2.45, 2.75) is 17.9 Å². The van der Waals surface area contributed by atoms with E-state index in [1.54, 1.807) is 19.1 Å². The number of carbonyl (C=O) groups is 1. The van der Waals surface area contributed by atoms with E-state index in [1.807, 2.05) is 17.5 Å². The average molecular weight is 404 g/mol. The number of carbonyl (C=O) groups excluding carboxylic acids is 1. The van der Waals surface area contributed by atoms with Gasteiger partial charge in [-0.3, -0.25) is 4.79 Å². The Kier molecular flexibility index (Phi) is 5.72. The van der Waals surface area contributed by atoms with E-state index in [0.29, 0.717) is 5.56 Å². The molecule has 0 radical (unpaired) electrons. The molecule has 1 unspecified atom stereocenters. The number of hydrogen-bond donors (Lipinski definition) is 1. The molecule has 1 aromatic heterocycles. The zero-order valence-electron chi connectivity index (χ0n) is 14.6. The van der Waals surface area contributed by atoms with Crippen molar-refractivity contribution in [3.8, 4) is 0 Å². The molecule has 1 atom stereocenters. The molecule has 0 aliphatic heterocycles. The van der Waals surface area contributed by atoms with E-state index >= 15 is 0 Å². The molecule has 7 heteroatoms. The molecule has 0 fully saturated rings. The summed E-state index contributed by atoms with van der Waals surface area (Å²) in [7, 11) is -3.31. The molecule has 3 aromatic rings. The van der Waals surface area contributed by atoms with Gasteiger partial charge in [-0.2, -0.15) is 0 Å². The summed E-state index contributed by atoms with van der Waals surface area (Å²) in [4.78, 5) is 13.8. The molecule has 0 aliphatic carbocycles. The van der Waals surface area contributed by atoms with Crippen molar-refractivity contribution in [2.24, 2.45) is 0 Å². The third-order valence-electron chi connectivity index (χ3n) is 4.16. The topological polar surface area (TPSA) is 63.2 Å². The van der Waals surface area contributed by atoms with Crippen molar-refractivity contribution < 1.29 is 17.6 Å². The summed E-state index contributed by atoms with van der Waals surface area (Å²) < 4.78 is 37.0. The van der Waals surface area contributed by atoms with Gasteiger partial charge < -0.3 is 5.32 Å². The molecular formula is C20H18FNO3S2. The van der Waals surface area contributed by atoms with Crippen LogP contribution in [-0.2, 0) is 9.84 Å². The Morgan fingerprint density at radius 2 is 1.74 bits per heavy atom. The second-order valence-electron chi connectivity index (χ2n) is 5.90. The molecule has 0 saturated heterocycles. The van der Waals surface area contributed by atoms with Crippen LogP contribution in [0, 0.1) is 5.82 Å². The third kappa shape index (κ3) is 4.43. The molecule has 0 spiro atoms. The predicted octanol–water partition coefficient (Wildman–Crippen LogP) is 4.20. The minimum Gasteiger partial charge on any atom is -0.340 e. The van der Waals surface area contributed by atoms with Crippen molar-refractivity contribution >= 4 is 27.1 Å². The van der Waals surface area contributed by atoms with E-state index in [0.717, 1.165) is 10.4 Å². The van der Waals surface area contributed by atoms with Crippen molar-refractivity contribution in [2.75, 3.05) is 5.75 Å².